The van der Waals surface area contributed by atoms with E-state index in [1.54, 1.807) is 0 Å². The number of nitrogens with one attached hydrogen (secondary N) is 1. The van der Waals surface area contributed by atoms with Crippen LogP contribution in [0.25, 0.3) is 0 Å². The van der Waals surface area contributed by atoms with Crippen molar-refractivity contribution in [3.63, 3.8) is 0 Å². The van der Waals surface area contributed by atoms with Gasteiger partial charge in [-0.2, -0.15) is 0 Å². The van der Waals surface area contributed by atoms with Crippen molar-refractivity contribution in [2.24, 2.45) is 0 Å². The van der Waals surface area contributed by atoms with Gasteiger partial charge in [-0.25, -0.2) is 0 Å². The molecule has 1 aromatic rings. The minimum atomic E-state index is -0.120. The zero-order valence-corrected chi connectivity index (χ0v) is 8.26. The number of carbonyl (C=O) groups excluding carboxylic acids is 1. The quantitative estimate of drug-likeness (QED) is 0.747. The third-order valence-electron chi connectivity index (χ3n) is 2.40. The molecule has 15 heavy (non-hydrogen) atoms. The van der Waals surface area contributed by atoms with E-state index in [0.29, 0.717) is 13.0 Å². The van der Waals surface area contributed by atoms with Gasteiger partial charge in [0.15, 0.2) is 0 Å². The lowest BCUT2D eigenvalue weighted by atomic mass is 10.0. The van der Waals surface area contributed by atoms with Gasteiger partial charge in [-0.3, -0.25) is 4.79 Å². The van der Waals surface area contributed by atoms with Gasteiger partial charge in [0, 0.05) is 0 Å². The normalized spacial score (nSPS) is 25.9. The molecule has 1 N–H and O–H groups in total. The van der Waals surface area contributed by atoms with Crippen molar-refractivity contribution >= 4 is 6.41 Å². The summed E-state index contributed by atoms with van der Waals surface area (Å²) in [4.78, 5) is 10.4. The Kier molecular flexibility index (Phi) is 3.32. The predicted molar refractivity (Wildman–Crippen MR) is 54.1 cm³/mol. The van der Waals surface area contributed by atoms with E-state index < -0.39 is 0 Å². The molecule has 1 aliphatic rings. The fourth-order valence-electron chi connectivity index (χ4n) is 1.69. The highest BCUT2D eigenvalue weighted by Crippen LogP contribution is 2.24. The van der Waals surface area contributed by atoms with E-state index in [-0.39, 0.29) is 18.9 Å². The lowest BCUT2D eigenvalue weighted by Crippen LogP contribution is -2.43. The zero-order valence-electron chi connectivity index (χ0n) is 8.26. The molecular weight excluding hydrogens is 194 g/mol. The van der Waals surface area contributed by atoms with Crippen LogP contribution in [0, 0.1) is 0 Å². The van der Waals surface area contributed by atoms with Crippen LogP contribution in [0.1, 0.15) is 11.7 Å². The van der Waals surface area contributed by atoms with Gasteiger partial charge >= 0.3 is 0 Å². The average Bonchev–Trinajstić information content (AvgIpc) is 2.31. The summed E-state index contributed by atoms with van der Waals surface area (Å²) in [7, 11) is 0. The van der Waals surface area contributed by atoms with E-state index >= 15 is 0 Å². The second-order valence-corrected chi connectivity index (χ2v) is 3.38. The maximum absolute atomic E-state index is 10.4. The molecule has 1 fully saturated rings. The second kappa shape index (κ2) is 4.91. The molecule has 2 rings (SSSR count). The lowest BCUT2D eigenvalue weighted by Gasteiger charge is -2.31. The first-order valence-electron chi connectivity index (χ1n) is 4.86. The number of hydrogen-bond donors (Lipinski definition) is 1. The Bertz CT molecular complexity index is 315. The van der Waals surface area contributed by atoms with Gasteiger partial charge < -0.3 is 14.8 Å². The molecule has 1 aromatic carbocycles. The Morgan fingerprint density at radius 3 is 2.87 bits per heavy atom. The van der Waals surface area contributed by atoms with Crippen LogP contribution in [0.2, 0.25) is 0 Å². The summed E-state index contributed by atoms with van der Waals surface area (Å²) in [5, 5.41) is 2.70. The van der Waals surface area contributed by atoms with E-state index in [1.807, 2.05) is 30.3 Å². The van der Waals surface area contributed by atoms with E-state index in [9.17, 15) is 4.79 Å². The first kappa shape index (κ1) is 10.1. The molecule has 0 spiro atoms. The minimum Gasteiger partial charge on any atom is -0.353 e. The van der Waals surface area contributed by atoms with Crippen LogP contribution >= 0.6 is 0 Å². The molecule has 1 heterocycles. The van der Waals surface area contributed by atoms with Crippen LogP contribution in [0.4, 0.5) is 0 Å². The Morgan fingerprint density at radius 1 is 1.33 bits per heavy atom. The van der Waals surface area contributed by atoms with Crippen LogP contribution in [0.5, 0.6) is 0 Å². The Morgan fingerprint density at radius 2 is 2.13 bits per heavy atom. The van der Waals surface area contributed by atoms with Gasteiger partial charge in [-0.15, -0.1) is 0 Å². The van der Waals surface area contributed by atoms with Crippen molar-refractivity contribution in [2.75, 3.05) is 13.4 Å². The van der Waals surface area contributed by atoms with Gasteiger partial charge in [0.2, 0.25) is 6.41 Å². The molecule has 0 radical (unpaired) electrons. The fourth-order valence-corrected chi connectivity index (χ4v) is 1.69. The van der Waals surface area contributed by atoms with Crippen LogP contribution in [0.3, 0.4) is 0 Å². The number of hydrogen-bond acceptors (Lipinski definition) is 3. The van der Waals surface area contributed by atoms with Crippen molar-refractivity contribution in [1.29, 1.82) is 0 Å². The number of benzene rings is 1. The molecule has 0 aromatic heterocycles. The molecule has 80 valence electrons. The maximum Gasteiger partial charge on any atom is 0.207 e. The van der Waals surface area contributed by atoms with Gasteiger partial charge in [0.1, 0.15) is 12.9 Å². The highest BCUT2D eigenvalue weighted by atomic mass is 16.7. The third-order valence-corrected chi connectivity index (χ3v) is 2.40. The van der Waals surface area contributed by atoms with Gasteiger partial charge in [-0.1, -0.05) is 30.3 Å². The van der Waals surface area contributed by atoms with E-state index in [4.69, 9.17) is 9.47 Å². The van der Waals surface area contributed by atoms with Gasteiger partial charge in [0.05, 0.1) is 12.6 Å². The molecule has 1 saturated heterocycles. The van der Waals surface area contributed by atoms with Gasteiger partial charge in [-0.05, 0) is 5.56 Å². The van der Waals surface area contributed by atoms with Crippen LogP contribution < -0.4 is 5.32 Å². The summed E-state index contributed by atoms with van der Waals surface area (Å²) in [5.41, 5.74) is 1.06. The summed E-state index contributed by atoms with van der Waals surface area (Å²) >= 11 is 0. The molecular formula is C11H13NO3. The Hall–Kier alpha value is -1.39. The van der Waals surface area contributed by atoms with Crippen LogP contribution in [-0.4, -0.2) is 25.9 Å². The summed E-state index contributed by atoms with van der Waals surface area (Å²) in [6, 6.07) is 9.70. The highest BCUT2D eigenvalue weighted by Gasteiger charge is 2.27. The molecule has 0 bridgehead atoms. The molecule has 1 aliphatic heterocycles. The number of rotatable bonds is 3. The minimum absolute atomic E-state index is 0.112. The summed E-state index contributed by atoms with van der Waals surface area (Å²) in [6.45, 7) is 0.759. The molecule has 1 amide bonds. The SMILES string of the molecule is O=CN[C@H]1COCO[C@H]1c1ccccc1. The first-order valence-corrected chi connectivity index (χ1v) is 4.86. The monoisotopic (exact) mass is 207 g/mol. The maximum atomic E-state index is 10.4. The third kappa shape index (κ3) is 2.34. The number of ether oxygens (including phenoxy) is 2. The largest absolute Gasteiger partial charge is 0.353 e. The molecule has 0 aliphatic carbocycles. The van der Waals surface area contributed by atoms with Crippen LogP contribution in [0.15, 0.2) is 30.3 Å². The molecule has 0 saturated carbocycles. The lowest BCUT2D eigenvalue weighted by molar-refractivity contribution is -0.159. The van der Waals surface area contributed by atoms with Crippen molar-refractivity contribution in [3.8, 4) is 0 Å². The smallest absolute Gasteiger partial charge is 0.207 e. The van der Waals surface area contributed by atoms with Gasteiger partial charge in [0.25, 0.3) is 0 Å². The molecule has 0 unspecified atom stereocenters. The van der Waals surface area contributed by atoms with E-state index in [2.05, 4.69) is 5.32 Å². The Labute approximate surface area is 88.2 Å². The van der Waals surface area contributed by atoms with Crippen molar-refractivity contribution < 1.29 is 14.3 Å². The Balaban J connectivity index is 2.14. The zero-order chi connectivity index (χ0) is 10.5. The topological polar surface area (TPSA) is 47.6 Å². The van der Waals surface area contributed by atoms with Crippen molar-refractivity contribution in [1.82, 2.24) is 5.32 Å². The number of carbonyl (C=O) groups is 1. The van der Waals surface area contributed by atoms with Crippen LogP contribution in [-0.2, 0) is 14.3 Å². The standard InChI is InChI=1S/C11H13NO3/c13-7-12-10-6-14-8-15-11(10)9-4-2-1-3-5-9/h1-5,7,10-11H,6,8H2,(H,12,13)/t10-,11-/m0/s1. The van der Waals surface area contributed by atoms with E-state index in [1.165, 1.54) is 0 Å². The fraction of sp³-hybridized carbons (Fsp3) is 0.364. The molecule has 4 heteroatoms. The number of amides is 1. The summed E-state index contributed by atoms with van der Waals surface area (Å²) in [6.07, 6.45) is 0.559. The average molecular weight is 207 g/mol. The molecule has 2 atom stereocenters. The highest BCUT2D eigenvalue weighted by molar-refractivity contribution is 5.47. The van der Waals surface area contributed by atoms with Crippen molar-refractivity contribution in [3.05, 3.63) is 35.9 Å². The summed E-state index contributed by atoms with van der Waals surface area (Å²) < 4.78 is 10.6. The van der Waals surface area contributed by atoms with Crippen molar-refractivity contribution in [2.45, 2.75) is 12.1 Å². The summed E-state index contributed by atoms with van der Waals surface area (Å²) in [5.74, 6) is 0. The predicted octanol–water partition coefficient (Wildman–Crippen LogP) is 0.847. The second-order valence-electron chi connectivity index (χ2n) is 3.38. The molecule has 4 nitrogen and oxygen atoms in total. The first-order chi connectivity index (χ1) is 7.42. The van der Waals surface area contributed by atoms with E-state index in [0.717, 1.165) is 5.56 Å².